The summed E-state index contributed by atoms with van der Waals surface area (Å²) >= 11 is 5.65. The SMILES string of the molecule is Cc1cc(S)cc2sc(O)cc12. The zero-order valence-electron chi connectivity index (χ0n) is 6.53. The molecule has 0 saturated carbocycles. The molecule has 0 aliphatic rings. The monoisotopic (exact) mass is 196 g/mol. The second-order valence-electron chi connectivity index (χ2n) is 2.76. The van der Waals surface area contributed by atoms with Crippen LogP contribution in [0.25, 0.3) is 10.1 Å². The molecule has 12 heavy (non-hydrogen) atoms. The molecule has 0 bridgehead atoms. The fourth-order valence-electron chi connectivity index (χ4n) is 1.28. The minimum Gasteiger partial charge on any atom is -0.499 e. The number of aromatic hydroxyl groups is 1. The third kappa shape index (κ3) is 1.19. The Bertz CT molecular complexity index is 431. The Labute approximate surface area is 80.1 Å². The van der Waals surface area contributed by atoms with Gasteiger partial charge in [0.25, 0.3) is 0 Å². The Morgan fingerprint density at radius 1 is 1.33 bits per heavy atom. The average Bonchev–Trinajstić information content (AvgIpc) is 2.29. The van der Waals surface area contributed by atoms with Crippen molar-refractivity contribution in [2.45, 2.75) is 11.8 Å². The van der Waals surface area contributed by atoms with Crippen molar-refractivity contribution in [3.63, 3.8) is 0 Å². The molecule has 0 aliphatic carbocycles. The second-order valence-corrected chi connectivity index (χ2v) is 4.34. The van der Waals surface area contributed by atoms with Gasteiger partial charge in [-0.3, -0.25) is 0 Å². The average molecular weight is 196 g/mol. The van der Waals surface area contributed by atoms with E-state index in [1.54, 1.807) is 6.07 Å². The topological polar surface area (TPSA) is 20.2 Å². The molecule has 1 nitrogen and oxygen atoms in total. The maximum absolute atomic E-state index is 9.27. The van der Waals surface area contributed by atoms with E-state index >= 15 is 0 Å². The van der Waals surface area contributed by atoms with Gasteiger partial charge in [0, 0.05) is 9.60 Å². The fraction of sp³-hybridized carbons (Fsp3) is 0.111. The van der Waals surface area contributed by atoms with Crippen LogP contribution >= 0.6 is 24.0 Å². The van der Waals surface area contributed by atoms with Gasteiger partial charge in [-0.2, -0.15) is 0 Å². The molecule has 0 aliphatic heterocycles. The summed E-state index contributed by atoms with van der Waals surface area (Å²) < 4.78 is 1.09. The molecule has 0 amide bonds. The van der Waals surface area contributed by atoms with Crippen LogP contribution in [0.2, 0.25) is 0 Å². The fourth-order valence-corrected chi connectivity index (χ4v) is 2.61. The van der Waals surface area contributed by atoms with E-state index < -0.39 is 0 Å². The van der Waals surface area contributed by atoms with Gasteiger partial charge in [0.2, 0.25) is 0 Å². The Balaban J connectivity index is 2.88. The van der Waals surface area contributed by atoms with Crippen LogP contribution in [0.15, 0.2) is 23.1 Å². The lowest BCUT2D eigenvalue weighted by molar-refractivity contribution is 0.491. The Morgan fingerprint density at radius 3 is 2.83 bits per heavy atom. The van der Waals surface area contributed by atoms with Crippen molar-refractivity contribution < 1.29 is 5.11 Å². The first kappa shape index (κ1) is 7.95. The molecule has 1 aromatic carbocycles. The smallest absolute Gasteiger partial charge is 0.172 e. The number of aryl methyl sites for hydroxylation is 1. The highest BCUT2D eigenvalue weighted by Crippen LogP contribution is 2.34. The van der Waals surface area contributed by atoms with E-state index in [1.807, 2.05) is 19.1 Å². The van der Waals surface area contributed by atoms with Crippen molar-refractivity contribution in [1.82, 2.24) is 0 Å². The first-order valence-electron chi connectivity index (χ1n) is 3.59. The van der Waals surface area contributed by atoms with Gasteiger partial charge in [-0.05, 0) is 36.1 Å². The molecular formula is C9H8OS2. The van der Waals surface area contributed by atoms with E-state index in [-0.39, 0.29) is 0 Å². The van der Waals surface area contributed by atoms with Gasteiger partial charge in [-0.1, -0.05) is 11.3 Å². The molecule has 0 fully saturated rings. The molecule has 2 aromatic rings. The van der Waals surface area contributed by atoms with Gasteiger partial charge in [0.05, 0.1) is 0 Å². The minimum absolute atomic E-state index is 0.368. The van der Waals surface area contributed by atoms with Crippen LogP contribution in [0.3, 0.4) is 0 Å². The molecule has 3 heteroatoms. The third-order valence-corrected chi connectivity index (χ3v) is 2.96. The van der Waals surface area contributed by atoms with E-state index in [0.717, 1.165) is 20.5 Å². The molecule has 0 saturated heterocycles. The lowest BCUT2D eigenvalue weighted by atomic mass is 10.1. The Hall–Kier alpha value is -0.670. The molecular weight excluding hydrogens is 188 g/mol. The van der Waals surface area contributed by atoms with Crippen molar-refractivity contribution in [3.8, 4) is 5.06 Å². The maximum atomic E-state index is 9.27. The number of hydrogen-bond donors (Lipinski definition) is 2. The largest absolute Gasteiger partial charge is 0.499 e. The lowest BCUT2D eigenvalue weighted by Gasteiger charge is -1.96. The number of benzene rings is 1. The van der Waals surface area contributed by atoms with Crippen LogP contribution in [0.1, 0.15) is 5.56 Å². The normalized spacial score (nSPS) is 10.8. The first-order valence-corrected chi connectivity index (χ1v) is 4.85. The number of rotatable bonds is 0. The van der Waals surface area contributed by atoms with E-state index in [4.69, 9.17) is 0 Å². The van der Waals surface area contributed by atoms with Crippen LogP contribution in [-0.4, -0.2) is 5.11 Å². The van der Waals surface area contributed by atoms with Crippen LogP contribution in [0.5, 0.6) is 5.06 Å². The number of thiol groups is 1. The third-order valence-electron chi connectivity index (χ3n) is 1.82. The van der Waals surface area contributed by atoms with Gasteiger partial charge < -0.3 is 5.11 Å². The van der Waals surface area contributed by atoms with Crippen molar-refractivity contribution in [1.29, 1.82) is 0 Å². The standard InChI is InChI=1S/C9H8OS2/c1-5-2-6(11)3-8-7(5)4-9(10)12-8/h2-4,10-11H,1H3. The highest BCUT2D eigenvalue weighted by molar-refractivity contribution is 7.80. The maximum Gasteiger partial charge on any atom is 0.172 e. The molecule has 0 spiro atoms. The predicted octanol–water partition coefficient (Wildman–Crippen LogP) is 3.20. The summed E-state index contributed by atoms with van der Waals surface area (Å²) in [5, 5.41) is 10.8. The molecule has 1 heterocycles. The molecule has 2 rings (SSSR count). The van der Waals surface area contributed by atoms with E-state index in [2.05, 4.69) is 12.6 Å². The van der Waals surface area contributed by atoms with Gasteiger partial charge in [0.1, 0.15) is 0 Å². The van der Waals surface area contributed by atoms with Crippen molar-refractivity contribution >= 4 is 34.1 Å². The first-order chi connectivity index (χ1) is 5.66. The zero-order chi connectivity index (χ0) is 8.72. The predicted molar refractivity (Wildman–Crippen MR) is 55.5 cm³/mol. The summed E-state index contributed by atoms with van der Waals surface area (Å²) in [7, 11) is 0. The summed E-state index contributed by atoms with van der Waals surface area (Å²) in [6, 6.07) is 5.76. The second kappa shape index (κ2) is 2.68. The minimum atomic E-state index is 0.368. The van der Waals surface area contributed by atoms with Crippen molar-refractivity contribution in [2.75, 3.05) is 0 Å². The van der Waals surface area contributed by atoms with Crippen LogP contribution in [0, 0.1) is 6.92 Å². The van der Waals surface area contributed by atoms with Crippen molar-refractivity contribution in [3.05, 3.63) is 23.8 Å². The molecule has 0 unspecified atom stereocenters. The highest BCUT2D eigenvalue weighted by Gasteiger charge is 2.03. The summed E-state index contributed by atoms with van der Waals surface area (Å²) in [6.07, 6.45) is 0. The molecule has 0 radical (unpaired) electrons. The molecule has 0 atom stereocenters. The summed E-state index contributed by atoms with van der Waals surface area (Å²) in [5.41, 5.74) is 1.16. The summed E-state index contributed by atoms with van der Waals surface area (Å²) in [6.45, 7) is 2.02. The van der Waals surface area contributed by atoms with Crippen LogP contribution in [0.4, 0.5) is 0 Å². The number of hydrogen-bond acceptors (Lipinski definition) is 3. The van der Waals surface area contributed by atoms with Crippen LogP contribution < -0.4 is 0 Å². The quantitative estimate of drug-likeness (QED) is 0.620. The van der Waals surface area contributed by atoms with E-state index in [0.29, 0.717) is 5.06 Å². The lowest BCUT2D eigenvalue weighted by Crippen LogP contribution is -1.72. The van der Waals surface area contributed by atoms with Gasteiger partial charge in [-0.15, -0.1) is 12.6 Å². The van der Waals surface area contributed by atoms with Gasteiger partial charge in [-0.25, -0.2) is 0 Å². The van der Waals surface area contributed by atoms with E-state index in [9.17, 15) is 5.11 Å². The number of fused-ring (bicyclic) bond motifs is 1. The zero-order valence-corrected chi connectivity index (χ0v) is 8.25. The van der Waals surface area contributed by atoms with Crippen molar-refractivity contribution in [2.24, 2.45) is 0 Å². The van der Waals surface area contributed by atoms with Gasteiger partial charge >= 0.3 is 0 Å². The summed E-state index contributed by atoms with van der Waals surface area (Å²) in [5.74, 6) is 0. The van der Waals surface area contributed by atoms with Crippen LogP contribution in [-0.2, 0) is 0 Å². The van der Waals surface area contributed by atoms with Gasteiger partial charge in [0.15, 0.2) is 5.06 Å². The highest BCUT2D eigenvalue weighted by atomic mass is 32.1. The molecule has 1 aromatic heterocycles. The van der Waals surface area contributed by atoms with E-state index in [1.165, 1.54) is 11.3 Å². The summed E-state index contributed by atoms with van der Waals surface area (Å²) in [4.78, 5) is 0.946. The number of thiophene rings is 1. The Kier molecular flexibility index (Phi) is 1.77. The molecule has 62 valence electrons. The molecule has 1 N–H and O–H groups in total. The Morgan fingerprint density at radius 2 is 2.08 bits per heavy atom.